The second-order valence-electron chi connectivity index (χ2n) is 31.6. The number of aliphatic hydroxyl groups excluding tert-OH is 3. The van der Waals surface area contributed by atoms with E-state index >= 15 is 0 Å². The molecule has 26 nitrogen and oxygen atoms in total. The van der Waals surface area contributed by atoms with Gasteiger partial charge >= 0.3 is 6.03 Å². The molecule has 3 atom stereocenters. The average molecular weight is 1630 g/mol. The van der Waals surface area contributed by atoms with Gasteiger partial charge in [0.1, 0.15) is 35.8 Å². The van der Waals surface area contributed by atoms with Gasteiger partial charge < -0.3 is 40.4 Å². The molecule has 0 aliphatic heterocycles. The number of nitrogens with one attached hydrogen (secondary N) is 1. The highest BCUT2D eigenvalue weighted by Gasteiger charge is 2.50. The summed E-state index contributed by atoms with van der Waals surface area (Å²) in [5.41, 5.74) is 6.57. The van der Waals surface area contributed by atoms with Crippen LogP contribution in [0, 0.1) is 79.5 Å². The Morgan fingerprint density at radius 1 is 0.763 bits per heavy atom. The fraction of sp³-hybridized carbons (Fsp3) is 0.570. The number of anilines is 1. The van der Waals surface area contributed by atoms with Crippen LogP contribution < -0.4 is 5.32 Å². The Morgan fingerprint density at radius 2 is 1.31 bits per heavy atom. The lowest BCUT2D eigenvalue weighted by atomic mass is 9.76. The molecule has 114 heavy (non-hydrogen) atoms. The highest BCUT2D eigenvalue weighted by atomic mass is 32.2. The van der Waals surface area contributed by atoms with E-state index in [2.05, 4.69) is 48.3 Å². The Labute approximate surface area is 680 Å². The number of aromatic nitrogens is 3. The van der Waals surface area contributed by atoms with E-state index in [4.69, 9.17) is 4.84 Å². The molecule has 0 radical (unpaired) electrons. The van der Waals surface area contributed by atoms with Crippen molar-refractivity contribution in [3.05, 3.63) is 164 Å². The number of aliphatic hydroxyl groups is 4. The molecule has 2 unspecified atom stereocenters. The van der Waals surface area contributed by atoms with E-state index in [1.54, 1.807) is 52.0 Å². The molecular formula is C86H129N9O17S2. The van der Waals surface area contributed by atoms with Gasteiger partial charge in [0.15, 0.2) is 28.6 Å². The lowest BCUT2D eigenvalue weighted by Gasteiger charge is -2.32. The van der Waals surface area contributed by atoms with Crippen molar-refractivity contribution < 1.29 is 72.3 Å². The summed E-state index contributed by atoms with van der Waals surface area (Å²) in [7, 11) is -3.88. The van der Waals surface area contributed by atoms with Crippen LogP contribution in [0.25, 0.3) is 0 Å². The van der Waals surface area contributed by atoms with E-state index < -0.39 is 65.4 Å². The molecule has 0 fully saturated rings. The molecule has 2 amide bonds. The summed E-state index contributed by atoms with van der Waals surface area (Å²) in [6.07, 6.45) is 7.72. The van der Waals surface area contributed by atoms with Gasteiger partial charge in [-0.3, -0.25) is 44.2 Å². The van der Waals surface area contributed by atoms with E-state index in [9.17, 15) is 77.8 Å². The van der Waals surface area contributed by atoms with Gasteiger partial charge in [-0.1, -0.05) is 154 Å². The molecule has 2 aliphatic rings. The minimum Gasteiger partial charge on any atom is -0.511 e. The Morgan fingerprint density at radius 3 is 1.75 bits per heavy atom. The predicted octanol–water partition coefficient (Wildman–Crippen LogP) is 19.7. The molecule has 0 saturated heterocycles. The van der Waals surface area contributed by atoms with Crippen LogP contribution in [-0.2, 0) is 34.5 Å². The number of hydrogen-bond acceptors (Lipinski definition) is 22. The van der Waals surface area contributed by atoms with Gasteiger partial charge in [-0.2, -0.15) is 4.68 Å². The third-order valence-electron chi connectivity index (χ3n) is 18.6. The zero-order chi connectivity index (χ0) is 87.5. The van der Waals surface area contributed by atoms with Gasteiger partial charge in [0, 0.05) is 87.6 Å². The van der Waals surface area contributed by atoms with Gasteiger partial charge in [-0.25, -0.2) is 18.2 Å². The quantitative estimate of drug-likeness (QED) is 0.00842. The number of sulfone groups is 1. The molecular weight excluding hydrogens is 1500 g/mol. The summed E-state index contributed by atoms with van der Waals surface area (Å²) in [4.78, 5) is 109. The molecule has 6 rings (SSSR count). The van der Waals surface area contributed by atoms with Crippen molar-refractivity contribution in [3.8, 4) is 0 Å². The van der Waals surface area contributed by atoms with Crippen molar-refractivity contribution in [1.82, 2.24) is 24.6 Å². The largest absolute Gasteiger partial charge is 0.511 e. The van der Waals surface area contributed by atoms with Crippen LogP contribution in [0.1, 0.15) is 264 Å². The number of Topliss-reactive ketones (excluding diaryl/α,β-unsaturated/α-hetero) is 4. The number of rotatable bonds is 29. The van der Waals surface area contributed by atoms with Crippen LogP contribution in [0.5, 0.6) is 0 Å². The van der Waals surface area contributed by atoms with Crippen LogP contribution in [0.3, 0.4) is 0 Å². The van der Waals surface area contributed by atoms with Gasteiger partial charge in [0.2, 0.25) is 15.6 Å². The molecule has 3 aromatic carbocycles. The van der Waals surface area contributed by atoms with Crippen molar-refractivity contribution in [1.29, 1.82) is 0 Å². The fourth-order valence-electron chi connectivity index (χ4n) is 13.1. The van der Waals surface area contributed by atoms with E-state index in [0.717, 1.165) is 80.8 Å². The molecule has 5 N–H and O–H groups in total. The number of allylic oxidation sites excluding steroid dienone is 6. The number of ketones is 4. The number of carbonyl (C=O) groups excluding carboxylic acids is 6. The number of benzene rings is 3. The van der Waals surface area contributed by atoms with E-state index in [1.165, 1.54) is 28.8 Å². The molecule has 0 bridgehead atoms. The summed E-state index contributed by atoms with van der Waals surface area (Å²) >= 11 is 1.41. The van der Waals surface area contributed by atoms with E-state index in [0.29, 0.717) is 85.2 Å². The average Bonchev–Trinajstić information content (AvgIpc) is 0.976. The molecule has 0 saturated carbocycles. The third-order valence-corrected chi connectivity index (χ3v) is 21.3. The lowest BCUT2D eigenvalue weighted by Crippen LogP contribution is -2.46. The van der Waals surface area contributed by atoms with Gasteiger partial charge in [-0.05, 0) is 196 Å². The monoisotopic (exact) mass is 1620 g/mol. The SMILES string of the molecule is CC(C)=CCC1=C(O)[C@](O)(CC=C(C)C)C(=O)C(C(=O)CC(C)C)=C1O.CCC(C)Nc1c([N+](=O)[O-])cc(C(C)(C)C)cc1[N+](=O)[O-].CCCC(=O)c1c(C)cc(C)c(C2CC(=O)C(/C(CC)=N/OCC)=C(O)C2)c1C.CCN(CC)C(=O)n1cnc(S(=O)(=O)c2c(C)cc(C)cc2C)n1.CCSC(=O)N(CC(C)C)CC(C)C. The number of oxime groups is 1. The topological polar surface area (TPSA) is 375 Å². The first-order valence-electron chi connectivity index (χ1n) is 39.3. The number of hydrogen-bond donors (Lipinski definition) is 5. The first kappa shape index (κ1) is 101. The second kappa shape index (κ2) is 45.8. The molecule has 632 valence electrons. The van der Waals surface area contributed by atoms with E-state index in [1.807, 2.05) is 143 Å². The lowest BCUT2D eigenvalue weighted by molar-refractivity contribution is -0.392. The number of aryl methyl sites for hydroxylation is 5. The highest BCUT2D eigenvalue weighted by Crippen LogP contribution is 2.43. The Balaban J connectivity index is 0.000000491. The second-order valence-corrected chi connectivity index (χ2v) is 34.6. The molecule has 1 aromatic heterocycles. The maximum absolute atomic E-state index is 12.9. The number of thioether (sulfide) groups is 1. The minimum absolute atomic E-state index is 0.0118. The first-order chi connectivity index (χ1) is 52.9. The number of nitrogens with zero attached hydrogens (tertiary/aromatic N) is 8. The van der Waals surface area contributed by atoms with Gasteiger partial charge in [-0.15, -0.1) is 5.10 Å². The molecule has 4 aromatic rings. The summed E-state index contributed by atoms with van der Waals surface area (Å²) in [5.74, 6) is -0.704. The summed E-state index contributed by atoms with van der Waals surface area (Å²) < 4.78 is 26.7. The maximum Gasteiger partial charge on any atom is 0.346 e. The molecule has 28 heteroatoms. The number of amides is 2. The Hall–Kier alpha value is -9.15. The van der Waals surface area contributed by atoms with Crippen molar-refractivity contribution >= 4 is 78.8 Å². The summed E-state index contributed by atoms with van der Waals surface area (Å²) in [6.45, 7) is 54.8. The van der Waals surface area contributed by atoms with Crippen molar-refractivity contribution in [2.75, 3.05) is 43.9 Å². The molecule has 1 heterocycles. The fourth-order valence-corrected chi connectivity index (χ4v) is 15.2. The maximum atomic E-state index is 12.9. The minimum atomic E-state index is -3.88. The van der Waals surface area contributed by atoms with Crippen LogP contribution in [-0.4, -0.2) is 154 Å². The number of nitro benzene ring substituents is 2. The van der Waals surface area contributed by atoms with E-state index in [-0.39, 0.29) is 98.8 Å². The highest BCUT2D eigenvalue weighted by molar-refractivity contribution is 8.13. The van der Waals surface area contributed by atoms with Crippen molar-refractivity contribution in [2.45, 2.75) is 278 Å². The number of carbonyl (C=O) groups is 6. The molecule has 2 aliphatic carbocycles. The van der Waals surface area contributed by atoms with Crippen LogP contribution >= 0.6 is 11.8 Å². The van der Waals surface area contributed by atoms with Gasteiger partial charge in [0.25, 0.3) is 21.8 Å². The summed E-state index contributed by atoms with van der Waals surface area (Å²) in [5, 5.41) is 76.1. The molecule has 0 spiro atoms. The summed E-state index contributed by atoms with van der Waals surface area (Å²) in [6, 6.07) is 7.97. The normalized spacial score (nSPS) is 15.3. The zero-order valence-corrected chi connectivity index (χ0v) is 74.2. The first-order valence-corrected chi connectivity index (χ1v) is 41.8. The van der Waals surface area contributed by atoms with Crippen molar-refractivity contribution in [3.63, 3.8) is 0 Å². The smallest absolute Gasteiger partial charge is 0.346 e. The van der Waals surface area contributed by atoms with Crippen LogP contribution in [0.2, 0.25) is 0 Å². The van der Waals surface area contributed by atoms with Crippen LogP contribution in [0.15, 0.2) is 109 Å². The van der Waals surface area contributed by atoms with Gasteiger partial charge in [0.05, 0.1) is 26.0 Å². The third kappa shape index (κ3) is 28.1. The standard InChI is InChI=1S/C24H33NO4.C21H30O5.C16H22N4O3S.C14H21N3O4.C11H23NOS/c1-7-10-19(26)23-15(5)11-14(4)22(16(23)6)17-12-20(27)24(21(28)13-17)18(8-2)25-29-9-3;1-12(2)7-8-15-18(23)17(16(22)11-14(5)6)20(25)21(26,19(15)24)10-9-13(3)4;1-6-19(7-2)16(21)20-10-17-15(18-20)24(22,23)14-12(4)8-11(3)9-13(14)5;1-6-9(2)15-13-11(16(18)19)7-10(14(3,4)5)8-12(13)17(20)21;1-6-14-11(13)12(7-9(2)3)8-10(4)5/h11,17,27H,7-10,12-13H2,1-6H3;7,9,14,23-24,26H,8,10-11H2,1-6H3;8-10H,6-7H2,1-5H3;7-9,15H,6H2,1-5H3;9-10H,6-8H2,1-5H3/b25-18+;;;;/t;21-;;;/m.1.../s1. The predicted molar refractivity (Wildman–Crippen MR) is 454 cm³/mol. The van der Waals surface area contributed by atoms with Crippen molar-refractivity contribution in [2.24, 2.45) is 22.9 Å². The Bertz CT molecular complexity index is 4340. The number of nitro groups is 2. The Kier molecular flexibility index (Phi) is 40.6. The van der Waals surface area contributed by atoms with Crippen LogP contribution in [0.4, 0.5) is 26.7 Å². The zero-order valence-electron chi connectivity index (χ0n) is 72.6.